The number of nitrogens with two attached hydrogens (primary N) is 1. The average molecular weight is 325 g/mol. The highest BCUT2D eigenvalue weighted by molar-refractivity contribution is 5.85. The molecule has 0 bridgehead atoms. The molecule has 1 rings (SSSR count). The molecule has 0 aromatic heterocycles. The number of alkyl halides is 3. The maximum atomic E-state index is 12.7. The van der Waals surface area contributed by atoms with Crippen LogP contribution in [0.1, 0.15) is 31.4 Å². The summed E-state index contributed by atoms with van der Waals surface area (Å²) < 4.78 is 38.1. The summed E-state index contributed by atoms with van der Waals surface area (Å²) in [6.45, 7) is 4.07. The van der Waals surface area contributed by atoms with Gasteiger partial charge in [0.1, 0.15) is 0 Å². The van der Waals surface area contributed by atoms with Gasteiger partial charge in [0.05, 0.1) is 5.56 Å². The van der Waals surface area contributed by atoms with Gasteiger partial charge >= 0.3 is 6.18 Å². The molecular formula is C14H20ClF3N2O. The summed E-state index contributed by atoms with van der Waals surface area (Å²) in [6.07, 6.45) is -4.16. The van der Waals surface area contributed by atoms with Crippen LogP contribution in [0.25, 0.3) is 0 Å². The highest BCUT2D eigenvalue weighted by Gasteiger charge is 2.32. The Morgan fingerprint density at radius 1 is 1.24 bits per heavy atom. The third kappa shape index (κ3) is 5.93. The molecule has 1 amide bonds. The van der Waals surface area contributed by atoms with E-state index in [1.807, 2.05) is 0 Å². The van der Waals surface area contributed by atoms with Crippen LogP contribution in [-0.2, 0) is 16.4 Å². The van der Waals surface area contributed by atoms with Crippen molar-refractivity contribution < 1.29 is 18.0 Å². The summed E-state index contributed by atoms with van der Waals surface area (Å²) in [7, 11) is 0. The molecule has 0 fully saturated rings. The summed E-state index contributed by atoms with van der Waals surface area (Å²) in [5.74, 6) is -0.201. The summed E-state index contributed by atoms with van der Waals surface area (Å²) in [5.41, 5.74) is 4.51. The van der Waals surface area contributed by atoms with Crippen molar-refractivity contribution in [1.82, 2.24) is 5.32 Å². The lowest BCUT2D eigenvalue weighted by Gasteiger charge is -2.26. The Morgan fingerprint density at radius 2 is 1.81 bits per heavy atom. The predicted molar refractivity (Wildman–Crippen MR) is 78.4 cm³/mol. The Hall–Kier alpha value is -1.27. The third-order valence-electron chi connectivity index (χ3n) is 3.07. The van der Waals surface area contributed by atoms with E-state index in [4.69, 9.17) is 5.73 Å². The molecule has 3 nitrogen and oxygen atoms in total. The van der Waals surface area contributed by atoms with Crippen LogP contribution in [-0.4, -0.2) is 19.0 Å². The summed E-state index contributed by atoms with van der Waals surface area (Å²) in [5, 5.41) is 2.68. The molecule has 21 heavy (non-hydrogen) atoms. The zero-order chi connectivity index (χ0) is 15.4. The van der Waals surface area contributed by atoms with E-state index in [0.29, 0.717) is 5.56 Å². The van der Waals surface area contributed by atoms with Crippen molar-refractivity contribution in [3.8, 4) is 0 Å². The quantitative estimate of drug-likeness (QED) is 0.875. The smallest absolute Gasteiger partial charge is 0.355 e. The van der Waals surface area contributed by atoms with E-state index >= 15 is 0 Å². The number of carbonyl (C=O) groups is 1. The lowest BCUT2D eigenvalue weighted by molar-refractivity contribution is -0.137. The summed E-state index contributed by atoms with van der Waals surface area (Å²) in [6, 6.07) is 5.16. The van der Waals surface area contributed by atoms with Crippen LogP contribution in [0, 0.1) is 0 Å². The van der Waals surface area contributed by atoms with Gasteiger partial charge in [-0.2, -0.15) is 13.2 Å². The number of nitrogens with one attached hydrogen (secondary N) is 1. The molecule has 1 aromatic carbocycles. The lowest BCUT2D eigenvalue weighted by atomic mass is 9.83. The molecule has 0 saturated carbocycles. The molecule has 1 aromatic rings. The van der Waals surface area contributed by atoms with E-state index in [1.54, 1.807) is 19.9 Å². The first-order valence-electron chi connectivity index (χ1n) is 6.31. The first kappa shape index (κ1) is 19.7. The van der Waals surface area contributed by atoms with Crippen molar-refractivity contribution in [2.24, 2.45) is 5.73 Å². The standard InChI is InChI=1S/C14H19F3N2O.ClH/c1-13(2,9-19-12(20)6-7-18)10-4-3-5-11(8-10)14(15,16)17;/h3-5,8H,6-7,9,18H2,1-2H3,(H,19,20);1H. The Bertz CT molecular complexity index is 476. The number of amides is 1. The second-order valence-corrected chi connectivity index (χ2v) is 5.28. The monoisotopic (exact) mass is 324 g/mol. The van der Waals surface area contributed by atoms with Crippen LogP contribution in [0.5, 0.6) is 0 Å². The minimum atomic E-state index is -4.37. The molecule has 0 aliphatic heterocycles. The average Bonchev–Trinajstić information content (AvgIpc) is 2.36. The van der Waals surface area contributed by atoms with E-state index in [0.717, 1.165) is 12.1 Å². The predicted octanol–water partition coefficient (Wildman–Crippen LogP) is 2.87. The molecule has 0 heterocycles. The van der Waals surface area contributed by atoms with Gasteiger partial charge < -0.3 is 11.1 Å². The topological polar surface area (TPSA) is 55.1 Å². The van der Waals surface area contributed by atoms with Crippen LogP contribution >= 0.6 is 12.4 Å². The van der Waals surface area contributed by atoms with E-state index in [2.05, 4.69) is 5.32 Å². The molecule has 0 saturated heterocycles. The molecular weight excluding hydrogens is 305 g/mol. The number of rotatable bonds is 5. The van der Waals surface area contributed by atoms with Crippen LogP contribution in [0.3, 0.4) is 0 Å². The first-order chi connectivity index (χ1) is 9.16. The van der Waals surface area contributed by atoms with Gasteiger partial charge in [-0.3, -0.25) is 4.79 Å². The first-order valence-corrected chi connectivity index (χ1v) is 6.31. The highest BCUT2D eigenvalue weighted by Crippen LogP contribution is 2.32. The second-order valence-electron chi connectivity index (χ2n) is 5.28. The second kappa shape index (κ2) is 7.66. The normalized spacial score (nSPS) is 11.7. The number of carbonyl (C=O) groups excluding carboxylic acids is 1. The Kier molecular flexibility index (Phi) is 7.19. The van der Waals surface area contributed by atoms with Gasteiger partial charge in [-0.15, -0.1) is 12.4 Å². The van der Waals surface area contributed by atoms with E-state index < -0.39 is 17.2 Å². The number of halogens is 4. The summed E-state index contributed by atoms with van der Waals surface area (Å²) in [4.78, 5) is 11.4. The zero-order valence-electron chi connectivity index (χ0n) is 12.0. The number of benzene rings is 1. The number of hydrogen-bond donors (Lipinski definition) is 2. The lowest BCUT2D eigenvalue weighted by Crippen LogP contribution is -2.37. The molecule has 0 unspecified atom stereocenters. The fourth-order valence-electron chi connectivity index (χ4n) is 1.76. The van der Waals surface area contributed by atoms with E-state index in [-0.39, 0.29) is 37.8 Å². The third-order valence-corrected chi connectivity index (χ3v) is 3.07. The highest BCUT2D eigenvalue weighted by atomic mass is 35.5. The van der Waals surface area contributed by atoms with Crippen molar-refractivity contribution in [2.45, 2.75) is 31.9 Å². The fraction of sp³-hybridized carbons (Fsp3) is 0.500. The van der Waals surface area contributed by atoms with Crippen LogP contribution < -0.4 is 11.1 Å². The zero-order valence-corrected chi connectivity index (χ0v) is 12.8. The van der Waals surface area contributed by atoms with Gasteiger partial charge in [-0.25, -0.2) is 0 Å². The van der Waals surface area contributed by atoms with Gasteiger partial charge in [0.15, 0.2) is 0 Å². The molecule has 0 aliphatic rings. The van der Waals surface area contributed by atoms with Gasteiger partial charge in [0.2, 0.25) is 5.91 Å². The number of hydrogen-bond acceptors (Lipinski definition) is 2. The van der Waals surface area contributed by atoms with Gasteiger partial charge in [-0.05, 0) is 11.6 Å². The van der Waals surface area contributed by atoms with E-state index in [1.165, 1.54) is 6.07 Å². The van der Waals surface area contributed by atoms with Crippen LogP contribution in [0.2, 0.25) is 0 Å². The SMILES string of the molecule is CC(C)(CNC(=O)CCN)c1cccc(C(F)(F)F)c1.Cl. The molecule has 0 spiro atoms. The largest absolute Gasteiger partial charge is 0.416 e. The maximum Gasteiger partial charge on any atom is 0.416 e. The van der Waals surface area contributed by atoms with Crippen molar-refractivity contribution >= 4 is 18.3 Å². The van der Waals surface area contributed by atoms with Gasteiger partial charge in [0.25, 0.3) is 0 Å². The Morgan fingerprint density at radius 3 is 2.33 bits per heavy atom. The fourth-order valence-corrected chi connectivity index (χ4v) is 1.76. The maximum absolute atomic E-state index is 12.7. The van der Waals surface area contributed by atoms with Crippen molar-refractivity contribution in [1.29, 1.82) is 0 Å². The van der Waals surface area contributed by atoms with Crippen LogP contribution in [0.4, 0.5) is 13.2 Å². The van der Waals surface area contributed by atoms with E-state index in [9.17, 15) is 18.0 Å². The van der Waals surface area contributed by atoms with Gasteiger partial charge in [0, 0.05) is 24.9 Å². The minimum Gasteiger partial charge on any atom is -0.355 e. The van der Waals surface area contributed by atoms with Gasteiger partial charge in [-0.1, -0.05) is 32.0 Å². The molecule has 0 atom stereocenters. The molecule has 120 valence electrons. The molecule has 7 heteroatoms. The molecule has 0 aliphatic carbocycles. The minimum absolute atomic E-state index is 0. The Balaban J connectivity index is 0.00000400. The molecule has 0 radical (unpaired) electrons. The Labute approximate surface area is 128 Å². The van der Waals surface area contributed by atoms with Crippen molar-refractivity contribution in [3.63, 3.8) is 0 Å². The van der Waals surface area contributed by atoms with Crippen LogP contribution in [0.15, 0.2) is 24.3 Å². The summed E-state index contributed by atoms with van der Waals surface area (Å²) >= 11 is 0. The van der Waals surface area contributed by atoms with Crippen molar-refractivity contribution in [3.05, 3.63) is 35.4 Å². The molecule has 3 N–H and O–H groups in total. The van der Waals surface area contributed by atoms with Crippen molar-refractivity contribution in [2.75, 3.05) is 13.1 Å².